The molecule has 0 unspecified atom stereocenters. The number of carbonyl (C=O) groups is 2. The Bertz CT molecular complexity index is 993. The van der Waals surface area contributed by atoms with Crippen molar-refractivity contribution in [1.29, 1.82) is 0 Å². The van der Waals surface area contributed by atoms with Gasteiger partial charge in [0.15, 0.2) is 0 Å². The SMILES string of the molecule is O=C(CC12CC3CC(CC(C3)C1)C2)Nc1cccc2c1CCN(CCc1c[nH]cn1)C2=O. The second-order valence-electron chi connectivity index (χ2n) is 10.8. The first-order valence-corrected chi connectivity index (χ1v) is 12.3. The van der Waals surface area contributed by atoms with Gasteiger partial charge in [-0.3, -0.25) is 9.59 Å². The van der Waals surface area contributed by atoms with Crippen LogP contribution in [0.4, 0.5) is 5.69 Å². The summed E-state index contributed by atoms with van der Waals surface area (Å²) in [6.45, 7) is 1.34. The van der Waals surface area contributed by atoms with Crippen molar-refractivity contribution >= 4 is 17.5 Å². The van der Waals surface area contributed by atoms with Crippen LogP contribution < -0.4 is 5.32 Å². The van der Waals surface area contributed by atoms with Gasteiger partial charge in [-0.05, 0) is 85.8 Å². The summed E-state index contributed by atoms with van der Waals surface area (Å²) >= 11 is 0. The topological polar surface area (TPSA) is 78.1 Å². The summed E-state index contributed by atoms with van der Waals surface area (Å²) in [6.07, 6.45) is 13.6. The van der Waals surface area contributed by atoms with E-state index >= 15 is 0 Å². The van der Waals surface area contributed by atoms with Crippen LogP contribution in [0.5, 0.6) is 0 Å². The highest BCUT2D eigenvalue weighted by Gasteiger charge is 2.51. The van der Waals surface area contributed by atoms with Crippen LogP contribution in [0.15, 0.2) is 30.7 Å². The van der Waals surface area contributed by atoms with E-state index in [9.17, 15) is 9.59 Å². The minimum atomic E-state index is 0.0546. The third kappa shape index (κ3) is 3.63. The number of imidazole rings is 1. The van der Waals surface area contributed by atoms with Gasteiger partial charge < -0.3 is 15.2 Å². The summed E-state index contributed by atoms with van der Waals surface area (Å²) < 4.78 is 0. The van der Waals surface area contributed by atoms with Crippen LogP contribution >= 0.6 is 0 Å². The van der Waals surface area contributed by atoms with Crippen LogP contribution in [0.3, 0.4) is 0 Å². The normalized spacial score (nSPS) is 30.4. The highest BCUT2D eigenvalue weighted by Crippen LogP contribution is 2.61. The zero-order valence-corrected chi connectivity index (χ0v) is 18.6. The Kier molecular flexibility index (Phi) is 4.85. The smallest absolute Gasteiger partial charge is 0.254 e. The van der Waals surface area contributed by atoms with E-state index in [0.717, 1.165) is 53.1 Å². The average Bonchev–Trinajstić information content (AvgIpc) is 3.26. The van der Waals surface area contributed by atoms with Gasteiger partial charge >= 0.3 is 0 Å². The Morgan fingerprint density at radius 3 is 2.59 bits per heavy atom. The van der Waals surface area contributed by atoms with Crippen molar-refractivity contribution in [3.63, 3.8) is 0 Å². The largest absolute Gasteiger partial charge is 0.351 e. The molecule has 32 heavy (non-hydrogen) atoms. The molecule has 2 heterocycles. The Balaban J connectivity index is 1.13. The second-order valence-corrected chi connectivity index (χ2v) is 10.8. The van der Waals surface area contributed by atoms with E-state index in [2.05, 4.69) is 15.3 Å². The molecule has 0 atom stereocenters. The number of aromatic amines is 1. The van der Waals surface area contributed by atoms with E-state index in [0.29, 0.717) is 19.5 Å². The lowest BCUT2D eigenvalue weighted by Crippen LogP contribution is -2.47. The van der Waals surface area contributed by atoms with Crippen LogP contribution in [0, 0.1) is 23.2 Å². The first-order chi connectivity index (χ1) is 15.6. The highest BCUT2D eigenvalue weighted by atomic mass is 16.2. The fourth-order valence-electron chi connectivity index (χ4n) is 7.62. The van der Waals surface area contributed by atoms with Gasteiger partial charge in [-0.25, -0.2) is 4.98 Å². The zero-order valence-electron chi connectivity index (χ0n) is 18.6. The van der Waals surface area contributed by atoms with Crippen molar-refractivity contribution in [3.05, 3.63) is 47.5 Å². The number of carbonyl (C=O) groups excluding carboxylic acids is 2. The number of hydrogen-bond acceptors (Lipinski definition) is 3. The molecule has 1 aliphatic heterocycles. The maximum absolute atomic E-state index is 13.1. The van der Waals surface area contributed by atoms with Crippen molar-refractivity contribution in [1.82, 2.24) is 14.9 Å². The van der Waals surface area contributed by atoms with Gasteiger partial charge in [-0.1, -0.05) is 6.07 Å². The molecule has 1 aromatic carbocycles. The molecule has 4 fully saturated rings. The number of amides is 2. The van der Waals surface area contributed by atoms with E-state index in [1.807, 2.05) is 29.3 Å². The van der Waals surface area contributed by atoms with Crippen LogP contribution in [-0.4, -0.2) is 39.8 Å². The van der Waals surface area contributed by atoms with Crippen molar-refractivity contribution in [2.75, 3.05) is 18.4 Å². The fraction of sp³-hybridized carbons (Fsp3) is 0.577. The third-order valence-corrected chi connectivity index (χ3v) is 8.49. The molecule has 2 N–H and O–H groups in total. The standard InChI is InChI=1S/C26H32N4O2/c31-24(14-26-11-17-8-18(12-26)10-19(9-17)13-26)29-23-3-1-2-22-21(23)5-7-30(25(22)32)6-4-20-15-27-16-28-20/h1-3,15-19H,4-14H2,(H,27,28)(H,29,31). The summed E-state index contributed by atoms with van der Waals surface area (Å²) in [6, 6.07) is 5.75. The maximum atomic E-state index is 13.1. The van der Waals surface area contributed by atoms with Crippen molar-refractivity contribution in [2.45, 2.75) is 57.8 Å². The molecule has 6 heteroatoms. The van der Waals surface area contributed by atoms with E-state index in [-0.39, 0.29) is 17.2 Å². The molecule has 168 valence electrons. The van der Waals surface area contributed by atoms with Gasteiger partial charge in [-0.2, -0.15) is 0 Å². The Morgan fingerprint density at radius 1 is 1.16 bits per heavy atom. The quantitative estimate of drug-likeness (QED) is 0.718. The van der Waals surface area contributed by atoms with Crippen LogP contribution in [-0.2, 0) is 17.6 Å². The van der Waals surface area contributed by atoms with Crippen LogP contribution in [0.2, 0.25) is 0 Å². The molecule has 6 nitrogen and oxygen atoms in total. The Labute approximate surface area is 189 Å². The van der Waals surface area contributed by atoms with Gasteiger partial charge in [0.05, 0.1) is 12.0 Å². The molecule has 0 radical (unpaired) electrons. The first kappa shape index (κ1) is 20.0. The molecule has 7 rings (SSSR count). The molecule has 0 spiro atoms. The average molecular weight is 433 g/mol. The summed E-state index contributed by atoms with van der Waals surface area (Å²) in [4.78, 5) is 35.4. The zero-order chi connectivity index (χ0) is 21.7. The molecule has 4 saturated carbocycles. The van der Waals surface area contributed by atoms with Gasteiger partial charge in [-0.15, -0.1) is 0 Å². The van der Waals surface area contributed by atoms with Gasteiger partial charge in [0.2, 0.25) is 5.91 Å². The van der Waals surface area contributed by atoms with Crippen LogP contribution in [0.25, 0.3) is 0 Å². The number of nitrogens with one attached hydrogen (secondary N) is 2. The van der Waals surface area contributed by atoms with Crippen molar-refractivity contribution < 1.29 is 9.59 Å². The summed E-state index contributed by atoms with van der Waals surface area (Å²) in [5, 5.41) is 3.21. The summed E-state index contributed by atoms with van der Waals surface area (Å²) in [5.74, 6) is 2.74. The summed E-state index contributed by atoms with van der Waals surface area (Å²) in [7, 11) is 0. The molecular formula is C26H32N4O2. The predicted octanol–water partition coefficient (Wildman–Crippen LogP) is 4.20. The van der Waals surface area contributed by atoms with E-state index in [1.54, 1.807) is 6.33 Å². The minimum Gasteiger partial charge on any atom is -0.351 e. The molecule has 4 aliphatic carbocycles. The maximum Gasteiger partial charge on any atom is 0.254 e. The van der Waals surface area contributed by atoms with Gasteiger partial charge in [0.25, 0.3) is 5.91 Å². The number of nitrogens with zero attached hydrogens (tertiary/aromatic N) is 2. The highest BCUT2D eigenvalue weighted by molar-refractivity contribution is 6.00. The molecule has 0 saturated heterocycles. The Hall–Kier alpha value is -2.63. The fourth-order valence-corrected chi connectivity index (χ4v) is 7.62. The molecule has 2 aromatic rings. The monoisotopic (exact) mass is 432 g/mol. The number of anilines is 1. The molecular weight excluding hydrogens is 400 g/mol. The molecule has 1 aromatic heterocycles. The molecule has 4 bridgehead atoms. The van der Waals surface area contributed by atoms with Crippen LogP contribution in [0.1, 0.15) is 66.6 Å². The van der Waals surface area contributed by atoms with E-state index in [4.69, 9.17) is 0 Å². The third-order valence-electron chi connectivity index (χ3n) is 8.49. The van der Waals surface area contributed by atoms with E-state index in [1.165, 1.54) is 38.5 Å². The lowest BCUT2D eigenvalue weighted by molar-refractivity contribution is -0.124. The van der Waals surface area contributed by atoms with Crippen molar-refractivity contribution in [3.8, 4) is 0 Å². The Morgan fingerprint density at radius 2 is 1.91 bits per heavy atom. The summed E-state index contributed by atoms with van der Waals surface area (Å²) in [5.41, 5.74) is 3.75. The lowest BCUT2D eigenvalue weighted by atomic mass is 9.49. The molecule has 2 amide bonds. The number of H-pyrrole nitrogens is 1. The van der Waals surface area contributed by atoms with Gasteiger partial charge in [0.1, 0.15) is 0 Å². The van der Waals surface area contributed by atoms with Crippen molar-refractivity contribution in [2.24, 2.45) is 23.2 Å². The lowest BCUT2D eigenvalue weighted by Gasteiger charge is -2.56. The number of fused-ring (bicyclic) bond motifs is 1. The number of hydrogen-bond donors (Lipinski definition) is 2. The molecule has 5 aliphatic rings. The van der Waals surface area contributed by atoms with Gasteiger partial charge in [0, 0.05) is 43.4 Å². The number of aromatic nitrogens is 2. The second kappa shape index (κ2) is 7.75. The number of rotatable bonds is 6. The van der Waals surface area contributed by atoms with E-state index < -0.39 is 0 Å². The minimum absolute atomic E-state index is 0.0546. The predicted molar refractivity (Wildman–Crippen MR) is 122 cm³/mol. The number of benzene rings is 1. The first-order valence-electron chi connectivity index (χ1n) is 12.3.